The molecule has 1 unspecified atom stereocenters. The lowest BCUT2D eigenvalue weighted by molar-refractivity contribution is -0.107. The van der Waals surface area contributed by atoms with Crippen LogP contribution >= 0.6 is 11.6 Å². The van der Waals surface area contributed by atoms with Gasteiger partial charge < -0.3 is 4.79 Å². The average Bonchev–Trinajstić information content (AvgIpc) is 1.65. The molecule has 0 aliphatic rings. The number of alkyl halides is 1. The summed E-state index contributed by atoms with van der Waals surface area (Å²) >= 11 is 5.22. The number of hydrogen-bond donors (Lipinski definition) is 0. The zero-order valence-electron chi connectivity index (χ0n) is 3.36. The molecule has 1 atom stereocenters. The molecule has 0 aliphatic heterocycles. The van der Waals surface area contributed by atoms with Crippen molar-refractivity contribution in [2.45, 2.75) is 11.8 Å². The number of carbonyl (C=O) groups is 1. The first-order valence-corrected chi connectivity index (χ1v) is 2.13. The molecule has 6 heavy (non-hydrogen) atoms. The molecule has 35 valence electrons. The molecule has 0 aromatic carbocycles. The molecule has 0 N–H and O–H groups in total. The van der Waals surface area contributed by atoms with Crippen LogP contribution in [0, 0.1) is 6.92 Å². The summed E-state index contributed by atoms with van der Waals surface area (Å²) in [6.07, 6.45) is 1.15. The molecule has 0 aromatic heterocycles. The second-order valence-electron chi connectivity index (χ2n) is 0.941. The van der Waals surface area contributed by atoms with Crippen LogP contribution in [0.5, 0.6) is 0 Å². The first-order valence-electron chi connectivity index (χ1n) is 1.70. The predicted octanol–water partition coefficient (Wildman–Crippen LogP) is 1.02. The third-order valence-electron chi connectivity index (χ3n) is 0.423. The van der Waals surface area contributed by atoms with Gasteiger partial charge >= 0.3 is 0 Å². The maximum atomic E-state index is 9.56. The maximum Gasteiger partial charge on any atom is 0.137 e. The Hall–Kier alpha value is -0.0400. The van der Waals surface area contributed by atoms with E-state index in [1.807, 2.05) is 0 Å². The molecule has 0 bridgehead atoms. The monoisotopic (exact) mass is 105 g/mol. The van der Waals surface area contributed by atoms with Gasteiger partial charge in [0.05, 0.1) is 5.38 Å². The van der Waals surface area contributed by atoms with Crippen LogP contribution in [0.15, 0.2) is 0 Å². The Kier molecular flexibility index (Phi) is 3.14. The highest BCUT2D eigenvalue weighted by molar-refractivity contribution is 6.27. The Morgan fingerprint density at radius 2 is 2.50 bits per heavy atom. The van der Waals surface area contributed by atoms with Crippen molar-refractivity contribution in [3.8, 4) is 0 Å². The summed E-state index contributed by atoms with van der Waals surface area (Å²) in [5, 5.41) is -0.384. The van der Waals surface area contributed by atoms with E-state index >= 15 is 0 Å². The van der Waals surface area contributed by atoms with Crippen molar-refractivity contribution in [1.82, 2.24) is 0 Å². The van der Waals surface area contributed by atoms with Crippen LogP contribution in [0.3, 0.4) is 0 Å². The van der Waals surface area contributed by atoms with Gasteiger partial charge in [0, 0.05) is 0 Å². The van der Waals surface area contributed by atoms with Gasteiger partial charge in [-0.3, -0.25) is 0 Å². The van der Waals surface area contributed by atoms with Gasteiger partial charge in [0.2, 0.25) is 0 Å². The van der Waals surface area contributed by atoms with E-state index in [9.17, 15) is 4.79 Å². The molecular weight excluding hydrogens is 99.5 g/mol. The van der Waals surface area contributed by atoms with Gasteiger partial charge in [0.25, 0.3) is 0 Å². The first-order chi connectivity index (χ1) is 2.81. The molecule has 0 aliphatic carbocycles. The molecular formula is C4H6ClO. The van der Waals surface area contributed by atoms with E-state index in [0.29, 0.717) is 12.7 Å². The smallest absolute Gasteiger partial charge is 0.137 e. The molecule has 0 amide bonds. The molecule has 0 rings (SSSR count). The van der Waals surface area contributed by atoms with E-state index in [-0.39, 0.29) is 5.38 Å². The van der Waals surface area contributed by atoms with Crippen LogP contribution < -0.4 is 0 Å². The number of halogens is 1. The summed E-state index contributed by atoms with van der Waals surface area (Å²) in [7, 11) is 0. The van der Waals surface area contributed by atoms with E-state index in [2.05, 4.69) is 6.92 Å². The molecule has 0 saturated heterocycles. The number of rotatable bonds is 2. The van der Waals surface area contributed by atoms with Crippen LogP contribution in [-0.2, 0) is 4.79 Å². The zero-order chi connectivity index (χ0) is 4.99. The van der Waals surface area contributed by atoms with Gasteiger partial charge in [-0.2, -0.15) is 0 Å². The SMILES string of the molecule is [CH2]CC(Cl)C=O. The normalized spacial score (nSPS) is 13.7. The van der Waals surface area contributed by atoms with E-state index in [1.54, 1.807) is 0 Å². The summed E-state index contributed by atoms with van der Waals surface area (Å²) in [4.78, 5) is 9.56. The fourth-order valence-corrected chi connectivity index (χ4v) is 0.0680. The van der Waals surface area contributed by atoms with E-state index in [0.717, 1.165) is 0 Å². The van der Waals surface area contributed by atoms with Gasteiger partial charge in [-0.05, 0) is 6.42 Å². The zero-order valence-corrected chi connectivity index (χ0v) is 4.11. The number of carbonyl (C=O) groups excluding carboxylic acids is 1. The molecule has 0 fully saturated rings. The lowest BCUT2D eigenvalue weighted by Gasteiger charge is -1.86. The second kappa shape index (κ2) is 3.16. The van der Waals surface area contributed by atoms with Crippen molar-refractivity contribution >= 4 is 17.9 Å². The number of aldehydes is 1. The van der Waals surface area contributed by atoms with Crippen LogP contribution in [0.4, 0.5) is 0 Å². The molecule has 0 saturated carbocycles. The molecule has 2 heteroatoms. The predicted molar refractivity (Wildman–Crippen MR) is 25.7 cm³/mol. The van der Waals surface area contributed by atoms with Gasteiger partial charge in [0.1, 0.15) is 6.29 Å². The maximum absolute atomic E-state index is 9.56. The van der Waals surface area contributed by atoms with Gasteiger partial charge in [-0.25, -0.2) is 0 Å². The van der Waals surface area contributed by atoms with Crippen molar-refractivity contribution in [2.75, 3.05) is 0 Å². The van der Waals surface area contributed by atoms with Crippen LogP contribution in [0.1, 0.15) is 6.42 Å². The molecule has 1 radical (unpaired) electrons. The van der Waals surface area contributed by atoms with Crippen molar-refractivity contribution in [3.63, 3.8) is 0 Å². The highest BCUT2D eigenvalue weighted by atomic mass is 35.5. The van der Waals surface area contributed by atoms with Crippen molar-refractivity contribution < 1.29 is 4.79 Å². The minimum Gasteiger partial charge on any atom is -0.302 e. The quantitative estimate of drug-likeness (QED) is 0.379. The van der Waals surface area contributed by atoms with Gasteiger partial charge in [-0.1, -0.05) is 6.92 Å². The minimum absolute atomic E-state index is 0.384. The molecule has 0 spiro atoms. The molecule has 1 nitrogen and oxygen atoms in total. The Bertz CT molecular complexity index is 44.8. The van der Waals surface area contributed by atoms with E-state index in [4.69, 9.17) is 11.6 Å². The number of hydrogen-bond acceptors (Lipinski definition) is 1. The highest BCUT2D eigenvalue weighted by Gasteiger charge is 1.92. The van der Waals surface area contributed by atoms with Crippen molar-refractivity contribution in [1.29, 1.82) is 0 Å². The van der Waals surface area contributed by atoms with Crippen LogP contribution in [0.2, 0.25) is 0 Å². The fraction of sp³-hybridized carbons (Fsp3) is 0.500. The Balaban J connectivity index is 2.96. The average molecular weight is 106 g/mol. The minimum atomic E-state index is -0.384. The summed E-state index contributed by atoms with van der Waals surface area (Å²) in [5.41, 5.74) is 0. The standard InChI is InChI=1S/C4H6ClO/c1-2-4(5)3-6/h3-4H,1-2H2. The third-order valence-corrected chi connectivity index (χ3v) is 0.745. The first kappa shape index (κ1) is 5.96. The topological polar surface area (TPSA) is 17.1 Å². The lowest BCUT2D eigenvalue weighted by atomic mass is 10.4. The summed E-state index contributed by atoms with van der Waals surface area (Å²) < 4.78 is 0. The van der Waals surface area contributed by atoms with Gasteiger partial charge in [-0.15, -0.1) is 11.6 Å². The summed E-state index contributed by atoms with van der Waals surface area (Å²) in [5.74, 6) is 0. The largest absolute Gasteiger partial charge is 0.302 e. The lowest BCUT2D eigenvalue weighted by Crippen LogP contribution is -1.94. The molecule has 0 aromatic rings. The van der Waals surface area contributed by atoms with Crippen molar-refractivity contribution in [2.24, 2.45) is 0 Å². The summed E-state index contributed by atoms with van der Waals surface area (Å²) in [6.45, 7) is 3.39. The third kappa shape index (κ3) is 2.21. The Morgan fingerprint density at radius 3 is 2.50 bits per heavy atom. The van der Waals surface area contributed by atoms with E-state index in [1.165, 1.54) is 0 Å². The van der Waals surface area contributed by atoms with Gasteiger partial charge in [0.15, 0.2) is 0 Å². The van der Waals surface area contributed by atoms with E-state index < -0.39 is 0 Å². The Labute approximate surface area is 42.3 Å². The van der Waals surface area contributed by atoms with Crippen LogP contribution in [-0.4, -0.2) is 11.7 Å². The molecule has 0 heterocycles. The second-order valence-corrected chi connectivity index (χ2v) is 1.50. The Morgan fingerprint density at radius 1 is 2.00 bits per heavy atom. The van der Waals surface area contributed by atoms with Crippen molar-refractivity contribution in [3.05, 3.63) is 6.92 Å². The highest BCUT2D eigenvalue weighted by Crippen LogP contribution is 1.93. The fourth-order valence-electron chi connectivity index (χ4n) is 0.0680. The van der Waals surface area contributed by atoms with Crippen LogP contribution in [0.25, 0.3) is 0 Å². The summed E-state index contributed by atoms with van der Waals surface area (Å²) in [6, 6.07) is 0.